The van der Waals surface area contributed by atoms with Crippen LogP contribution in [0.4, 0.5) is 0 Å². The fourth-order valence-electron chi connectivity index (χ4n) is 2.82. The van der Waals surface area contributed by atoms with Crippen LogP contribution in [0.2, 0.25) is 0 Å². The van der Waals surface area contributed by atoms with Gasteiger partial charge in [0.25, 0.3) is 0 Å². The minimum atomic E-state index is -0.160. The van der Waals surface area contributed by atoms with Crippen LogP contribution in [0.15, 0.2) is 0 Å². The first-order valence-electron chi connectivity index (χ1n) is 9.58. The Balaban J connectivity index is 3.03. The van der Waals surface area contributed by atoms with E-state index in [1.54, 1.807) is 0 Å². The third-order valence-corrected chi connectivity index (χ3v) is 4.99. The molecule has 0 aromatic heterocycles. The largest absolute Gasteiger partial charge is 0.315 e. The number of hydrogen-bond acceptors (Lipinski definition) is 1. The molecule has 0 saturated carbocycles. The van der Waals surface area contributed by atoms with E-state index >= 15 is 0 Å². The van der Waals surface area contributed by atoms with Crippen molar-refractivity contribution >= 4 is 11.6 Å². The molecule has 2 unspecified atom stereocenters. The molecule has 21 heavy (non-hydrogen) atoms. The standard InChI is InChI=1S/C19H40ClN/c1-3-4-5-6-7-8-9-10-11-12-13-14-15-16-17-18(2)19(20)21/h18-19H,3-17,21H2,1-2H3. The first kappa shape index (κ1) is 21.2. The van der Waals surface area contributed by atoms with Gasteiger partial charge in [-0.05, 0) is 12.3 Å². The SMILES string of the molecule is CCCCCCCCCCCCCCCCC(C)C(N)Cl. The lowest BCUT2D eigenvalue weighted by Crippen LogP contribution is -2.21. The Kier molecular flexibility index (Phi) is 16.8. The first-order valence-corrected chi connectivity index (χ1v) is 10.0. The van der Waals surface area contributed by atoms with Crippen LogP contribution in [0.25, 0.3) is 0 Å². The summed E-state index contributed by atoms with van der Waals surface area (Å²) in [6, 6.07) is 0. The summed E-state index contributed by atoms with van der Waals surface area (Å²) in [6.45, 7) is 4.44. The predicted molar refractivity (Wildman–Crippen MR) is 97.9 cm³/mol. The highest BCUT2D eigenvalue weighted by Crippen LogP contribution is 2.16. The third kappa shape index (κ3) is 16.4. The van der Waals surface area contributed by atoms with Crippen LogP contribution >= 0.6 is 11.6 Å². The van der Waals surface area contributed by atoms with E-state index in [0.29, 0.717) is 5.92 Å². The molecule has 0 bridgehead atoms. The molecule has 1 nitrogen and oxygen atoms in total. The second-order valence-corrected chi connectivity index (χ2v) is 7.31. The molecule has 0 radical (unpaired) electrons. The van der Waals surface area contributed by atoms with Crippen molar-refractivity contribution in [3.63, 3.8) is 0 Å². The summed E-state index contributed by atoms with van der Waals surface area (Å²) >= 11 is 5.86. The molecule has 0 aromatic carbocycles. The number of unbranched alkanes of at least 4 members (excludes halogenated alkanes) is 13. The van der Waals surface area contributed by atoms with Crippen molar-refractivity contribution in [2.24, 2.45) is 11.7 Å². The summed E-state index contributed by atoms with van der Waals surface area (Å²) in [5.74, 6) is 0.462. The summed E-state index contributed by atoms with van der Waals surface area (Å²) in [6.07, 6.45) is 21.0. The molecular weight excluding hydrogens is 278 g/mol. The smallest absolute Gasteiger partial charge is 0.0826 e. The average Bonchev–Trinajstić information content (AvgIpc) is 2.47. The van der Waals surface area contributed by atoms with E-state index in [4.69, 9.17) is 17.3 Å². The maximum Gasteiger partial charge on any atom is 0.0826 e. The lowest BCUT2D eigenvalue weighted by Gasteiger charge is -2.12. The molecule has 0 rings (SSSR count). The number of nitrogens with two attached hydrogens (primary N) is 1. The summed E-state index contributed by atoms with van der Waals surface area (Å²) in [7, 11) is 0. The van der Waals surface area contributed by atoms with Crippen LogP contribution in [-0.4, -0.2) is 5.50 Å². The lowest BCUT2D eigenvalue weighted by molar-refractivity contribution is 0.466. The topological polar surface area (TPSA) is 26.0 Å². The van der Waals surface area contributed by atoms with E-state index in [0.717, 1.165) is 0 Å². The van der Waals surface area contributed by atoms with Crippen LogP contribution in [0.1, 0.15) is 110 Å². The van der Waals surface area contributed by atoms with Crippen LogP contribution < -0.4 is 5.73 Å². The molecule has 128 valence electrons. The van der Waals surface area contributed by atoms with Crippen molar-refractivity contribution in [1.82, 2.24) is 0 Å². The van der Waals surface area contributed by atoms with E-state index in [1.165, 1.54) is 96.3 Å². The number of hydrogen-bond donors (Lipinski definition) is 1. The van der Waals surface area contributed by atoms with Crippen LogP contribution in [0, 0.1) is 5.92 Å². The molecule has 0 amide bonds. The minimum absolute atomic E-state index is 0.160. The first-order chi connectivity index (χ1) is 10.2. The van der Waals surface area contributed by atoms with Gasteiger partial charge in [0.05, 0.1) is 5.50 Å². The van der Waals surface area contributed by atoms with Crippen LogP contribution in [0.3, 0.4) is 0 Å². The van der Waals surface area contributed by atoms with Gasteiger partial charge >= 0.3 is 0 Å². The number of halogens is 1. The molecule has 2 atom stereocenters. The molecule has 0 aliphatic heterocycles. The molecule has 0 aromatic rings. The second kappa shape index (κ2) is 16.6. The molecule has 2 heteroatoms. The molecule has 0 heterocycles. The Morgan fingerprint density at radius 3 is 1.33 bits per heavy atom. The Labute approximate surface area is 139 Å². The lowest BCUT2D eigenvalue weighted by atomic mass is 10.0. The van der Waals surface area contributed by atoms with E-state index in [2.05, 4.69) is 13.8 Å². The molecule has 0 aliphatic carbocycles. The van der Waals surface area contributed by atoms with Gasteiger partial charge in [-0.2, -0.15) is 0 Å². The molecule has 0 aliphatic rings. The van der Waals surface area contributed by atoms with E-state index in [1.807, 2.05) is 0 Å². The van der Waals surface area contributed by atoms with Crippen molar-refractivity contribution < 1.29 is 0 Å². The predicted octanol–water partition coefficient (Wildman–Crippen LogP) is 7.02. The fourth-order valence-corrected chi connectivity index (χ4v) is 2.95. The number of rotatable bonds is 16. The zero-order valence-corrected chi connectivity index (χ0v) is 15.5. The highest BCUT2D eigenvalue weighted by molar-refractivity contribution is 6.20. The average molecular weight is 318 g/mol. The maximum atomic E-state index is 5.86. The zero-order chi connectivity index (χ0) is 15.8. The van der Waals surface area contributed by atoms with Crippen molar-refractivity contribution in [1.29, 1.82) is 0 Å². The van der Waals surface area contributed by atoms with Crippen molar-refractivity contribution in [3.8, 4) is 0 Å². The molecule has 0 fully saturated rings. The van der Waals surface area contributed by atoms with Gasteiger partial charge in [0.1, 0.15) is 0 Å². The summed E-state index contributed by atoms with van der Waals surface area (Å²) < 4.78 is 0. The van der Waals surface area contributed by atoms with Crippen molar-refractivity contribution in [2.75, 3.05) is 0 Å². The molecule has 2 N–H and O–H groups in total. The monoisotopic (exact) mass is 317 g/mol. The van der Waals surface area contributed by atoms with E-state index in [-0.39, 0.29) is 5.50 Å². The van der Waals surface area contributed by atoms with Crippen molar-refractivity contribution in [2.45, 2.75) is 116 Å². The molecule has 0 spiro atoms. The highest BCUT2D eigenvalue weighted by atomic mass is 35.5. The van der Waals surface area contributed by atoms with Crippen molar-refractivity contribution in [3.05, 3.63) is 0 Å². The fraction of sp³-hybridized carbons (Fsp3) is 1.00. The van der Waals surface area contributed by atoms with Gasteiger partial charge in [-0.15, -0.1) is 11.6 Å². The molecular formula is C19H40ClN. The summed E-state index contributed by atoms with van der Waals surface area (Å²) in [5, 5.41) is 0. The van der Waals surface area contributed by atoms with Crippen LogP contribution in [-0.2, 0) is 0 Å². The van der Waals surface area contributed by atoms with Crippen LogP contribution in [0.5, 0.6) is 0 Å². The Hall–Kier alpha value is 0.250. The van der Waals surface area contributed by atoms with E-state index in [9.17, 15) is 0 Å². The van der Waals surface area contributed by atoms with Gasteiger partial charge in [-0.1, -0.05) is 104 Å². The normalized spacial score (nSPS) is 14.3. The second-order valence-electron chi connectivity index (χ2n) is 6.81. The Morgan fingerprint density at radius 1 is 0.667 bits per heavy atom. The van der Waals surface area contributed by atoms with Gasteiger partial charge in [0.15, 0.2) is 0 Å². The third-order valence-electron chi connectivity index (χ3n) is 4.56. The van der Waals surface area contributed by atoms with Gasteiger partial charge in [-0.25, -0.2) is 0 Å². The Bertz CT molecular complexity index is 194. The maximum absolute atomic E-state index is 5.86. The van der Waals surface area contributed by atoms with E-state index < -0.39 is 0 Å². The summed E-state index contributed by atoms with van der Waals surface area (Å²) in [5.41, 5.74) is 5.50. The number of alkyl halides is 1. The zero-order valence-electron chi connectivity index (χ0n) is 14.7. The van der Waals surface area contributed by atoms with Gasteiger partial charge in [0.2, 0.25) is 0 Å². The van der Waals surface area contributed by atoms with Gasteiger partial charge < -0.3 is 5.73 Å². The highest BCUT2D eigenvalue weighted by Gasteiger charge is 2.08. The Morgan fingerprint density at radius 2 is 1.00 bits per heavy atom. The minimum Gasteiger partial charge on any atom is -0.315 e. The molecule has 0 saturated heterocycles. The summed E-state index contributed by atoms with van der Waals surface area (Å²) in [4.78, 5) is 0. The van der Waals surface area contributed by atoms with Gasteiger partial charge in [0, 0.05) is 0 Å². The quantitative estimate of drug-likeness (QED) is 0.185. The van der Waals surface area contributed by atoms with Gasteiger partial charge in [-0.3, -0.25) is 0 Å².